The Morgan fingerprint density at radius 1 is 1.16 bits per heavy atom. The third kappa shape index (κ3) is 3.83. The number of allylic oxidation sites excluding steroid dienone is 1. The predicted molar refractivity (Wildman–Crippen MR) is 129 cm³/mol. The van der Waals surface area contributed by atoms with Crippen LogP contribution in [0.4, 0.5) is 11.4 Å². The Hall–Kier alpha value is -2.79. The first kappa shape index (κ1) is 20.1. The van der Waals surface area contributed by atoms with Crippen molar-refractivity contribution in [3.8, 4) is 11.1 Å². The number of nitrogens with zero attached hydrogens (tertiary/aromatic N) is 2. The van der Waals surface area contributed by atoms with Gasteiger partial charge in [0.1, 0.15) is 0 Å². The molecule has 1 aromatic heterocycles. The van der Waals surface area contributed by atoms with Gasteiger partial charge in [0.05, 0.1) is 24.0 Å². The highest BCUT2D eigenvalue weighted by atomic mass is 16.3. The quantitative estimate of drug-likeness (QED) is 0.458. The van der Waals surface area contributed by atoms with E-state index in [4.69, 9.17) is 4.98 Å². The number of benzene rings is 2. The van der Waals surface area contributed by atoms with Crippen LogP contribution >= 0.6 is 0 Å². The van der Waals surface area contributed by atoms with Crippen LogP contribution in [-0.2, 0) is 0 Å². The van der Waals surface area contributed by atoms with Crippen LogP contribution in [0.3, 0.4) is 0 Å². The smallest absolute Gasteiger partial charge is 0.0960 e. The van der Waals surface area contributed by atoms with Crippen molar-refractivity contribution in [2.75, 3.05) is 23.8 Å². The topological polar surface area (TPSA) is 62.1 Å². The fourth-order valence-electron chi connectivity index (χ4n) is 5.25. The summed E-state index contributed by atoms with van der Waals surface area (Å²) in [6.07, 6.45) is 13.9. The molecule has 1 saturated carbocycles. The van der Waals surface area contributed by atoms with Crippen LogP contribution in [0, 0.1) is 0 Å². The summed E-state index contributed by atoms with van der Waals surface area (Å²) in [5.41, 5.74) is 8.23. The lowest BCUT2D eigenvalue weighted by molar-refractivity contribution is 0.311. The molecule has 0 saturated heterocycles. The lowest BCUT2D eigenvalue weighted by Crippen LogP contribution is -2.11. The van der Waals surface area contributed by atoms with E-state index in [9.17, 15) is 5.11 Å². The second kappa shape index (κ2) is 8.75. The number of fused-ring (bicyclic) bond motifs is 2. The molecule has 5 heteroatoms. The molecular formula is C26H32N4O. The molecule has 2 aromatic carbocycles. The fourth-order valence-corrected chi connectivity index (χ4v) is 5.25. The van der Waals surface area contributed by atoms with Crippen molar-refractivity contribution in [3.05, 3.63) is 54.5 Å². The van der Waals surface area contributed by atoms with Gasteiger partial charge in [-0.25, -0.2) is 4.98 Å². The molecule has 3 N–H and O–H groups in total. The highest BCUT2D eigenvalue weighted by Gasteiger charge is 2.22. The summed E-state index contributed by atoms with van der Waals surface area (Å²) >= 11 is 0. The minimum Gasteiger partial charge on any atom is -0.395 e. The van der Waals surface area contributed by atoms with E-state index in [2.05, 4.69) is 58.5 Å². The van der Waals surface area contributed by atoms with Crippen LogP contribution in [0.2, 0.25) is 0 Å². The summed E-state index contributed by atoms with van der Waals surface area (Å²) in [5, 5.41) is 16.0. The van der Waals surface area contributed by atoms with Crippen molar-refractivity contribution in [1.29, 1.82) is 0 Å². The zero-order chi connectivity index (χ0) is 21.2. The number of aliphatic hydroxyl groups is 1. The maximum atomic E-state index is 9.26. The second-order valence-electron chi connectivity index (χ2n) is 8.80. The first-order valence-corrected chi connectivity index (χ1v) is 11.7. The van der Waals surface area contributed by atoms with Gasteiger partial charge in [0.15, 0.2) is 0 Å². The van der Waals surface area contributed by atoms with E-state index < -0.39 is 0 Å². The molecule has 31 heavy (non-hydrogen) atoms. The Bertz CT molecular complexity index is 1090. The molecule has 0 spiro atoms. The summed E-state index contributed by atoms with van der Waals surface area (Å²) in [7, 11) is 0. The molecular weight excluding hydrogens is 384 g/mol. The summed E-state index contributed by atoms with van der Waals surface area (Å²) in [4.78, 5) is 4.79. The number of aromatic nitrogens is 2. The van der Waals surface area contributed by atoms with E-state index >= 15 is 0 Å². The monoisotopic (exact) mass is 416 g/mol. The Balaban J connectivity index is 1.58. The average Bonchev–Trinajstić information content (AvgIpc) is 3.25. The van der Waals surface area contributed by atoms with Crippen LogP contribution in [0.1, 0.15) is 63.0 Å². The van der Waals surface area contributed by atoms with Gasteiger partial charge in [0.25, 0.3) is 0 Å². The predicted octanol–water partition coefficient (Wildman–Crippen LogP) is 6.05. The van der Waals surface area contributed by atoms with Gasteiger partial charge in [-0.2, -0.15) is 0 Å². The minimum absolute atomic E-state index is 0.113. The Morgan fingerprint density at radius 3 is 2.84 bits per heavy atom. The first-order valence-electron chi connectivity index (χ1n) is 11.7. The zero-order valence-corrected chi connectivity index (χ0v) is 18.3. The maximum Gasteiger partial charge on any atom is 0.0960 e. The molecule has 2 heterocycles. The molecule has 1 unspecified atom stereocenters. The highest BCUT2D eigenvalue weighted by Crippen LogP contribution is 2.42. The van der Waals surface area contributed by atoms with Gasteiger partial charge < -0.3 is 20.3 Å². The van der Waals surface area contributed by atoms with Crippen LogP contribution < -0.4 is 10.6 Å². The van der Waals surface area contributed by atoms with Gasteiger partial charge in [-0.05, 0) is 66.4 Å². The van der Waals surface area contributed by atoms with Gasteiger partial charge in [0, 0.05) is 29.9 Å². The molecule has 5 nitrogen and oxygen atoms in total. The minimum atomic E-state index is 0.113. The van der Waals surface area contributed by atoms with E-state index in [-0.39, 0.29) is 6.61 Å². The molecule has 162 valence electrons. The molecule has 5 rings (SSSR count). The van der Waals surface area contributed by atoms with Gasteiger partial charge in [0.2, 0.25) is 0 Å². The summed E-state index contributed by atoms with van der Waals surface area (Å²) < 4.78 is 2.39. The van der Waals surface area contributed by atoms with Gasteiger partial charge in [-0.15, -0.1) is 0 Å². The standard InChI is InChI=1S/C26H32N4O/c1-2-18-10-11-28-24-16-20(27-12-13-31)15-22(26(18)24)19-8-9-25-23(14-19)29-17-30(25)21-6-4-3-5-7-21/h8-11,14-18,21,27-28,31H,2-7,12-13H2,1H3. The normalized spacial score (nSPS) is 18.7. The van der Waals surface area contributed by atoms with Gasteiger partial charge in [-0.1, -0.05) is 38.3 Å². The van der Waals surface area contributed by atoms with Crippen LogP contribution in [0.5, 0.6) is 0 Å². The van der Waals surface area contributed by atoms with Crippen molar-refractivity contribution >= 4 is 22.4 Å². The zero-order valence-electron chi connectivity index (χ0n) is 18.3. The molecule has 3 aromatic rings. The third-order valence-corrected chi connectivity index (χ3v) is 6.85. The Kier molecular flexibility index (Phi) is 5.68. The van der Waals surface area contributed by atoms with E-state index in [1.165, 1.54) is 54.3 Å². The summed E-state index contributed by atoms with van der Waals surface area (Å²) in [6.45, 7) is 2.89. The SMILES string of the molecule is CCC1C=CNc2cc(NCCO)cc(-c3ccc4c(c3)ncn4C3CCCCC3)c21. The molecule has 1 fully saturated rings. The average molecular weight is 417 g/mol. The molecule has 0 amide bonds. The largest absolute Gasteiger partial charge is 0.395 e. The van der Waals surface area contributed by atoms with E-state index in [0.29, 0.717) is 18.5 Å². The van der Waals surface area contributed by atoms with Crippen molar-refractivity contribution in [1.82, 2.24) is 9.55 Å². The van der Waals surface area contributed by atoms with Crippen molar-refractivity contribution in [2.45, 2.75) is 57.4 Å². The van der Waals surface area contributed by atoms with Crippen LogP contribution in [0.15, 0.2) is 48.9 Å². The summed E-state index contributed by atoms with van der Waals surface area (Å²) in [6, 6.07) is 11.7. The van der Waals surface area contributed by atoms with Crippen LogP contribution in [0.25, 0.3) is 22.2 Å². The van der Waals surface area contributed by atoms with E-state index in [1.54, 1.807) is 0 Å². The number of anilines is 2. The van der Waals surface area contributed by atoms with Crippen molar-refractivity contribution in [3.63, 3.8) is 0 Å². The highest BCUT2D eigenvalue weighted by molar-refractivity contribution is 5.87. The molecule has 1 atom stereocenters. The Labute approximate surface area is 184 Å². The number of aliphatic hydroxyl groups excluding tert-OH is 1. The number of hydrogen-bond acceptors (Lipinski definition) is 4. The van der Waals surface area contributed by atoms with Crippen molar-refractivity contribution < 1.29 is 5.11 Å². The number of hydrogen-bond donors (Lipinski definition) is 3. The van der Waals surface area contributed by atoms with Crippen molar-refractivity contribution in [2.24, 2.45) is 0 Å². The van der Waals surface area contributed by atoms with Gasteiger partial charge in [-0.3, -0.25) is 0 Å². The van der Waals surface area contributed by atoms with Crippen LogP contribution in [-0.4, -0.2) is 27.8 Å². The molecule has 0 radical (unpaired) electrons. The molecule has 2 aliphatic rings. The fraction of sp³-hybridized carbons (Fsp3) is 0.423. The van der Waals surface area contributed by atoms with Gasteiger partial charge >= 0.3 is 0 Å². The second-order valence-corrected chi connectivity index (χ2v) is 8.80. The third-order valence-electron chi connectivity index (χ3n) is 6.85. The first-order chi connectivity index (χ1) is 15.3. The molecule has 1 aliphatic carbocycles. The number of nitrogens with one attached hydrogen (secondary N) is 2. The van der Waals surface area contributed by atoms with E-state index in [0.717, 1.165) is 23.3 Å². The number of imidazole rings is 1. The molecule has 1 aliphatic heterocycles. The van der Waals surface area contributed by atoms with E-state index in [1.807, 2.05) is 12.5 Å². The lowest BCUT2D eigenvalue weighted by atomic mass is 9.85. The Morgan fingerprint density at radius 2 is 2.03 bits per heavy atom. The maximum absolute atomic E-state index is 9.26. The number of rotatable bonds is 6. The lowest BCUT2D eigenvalue weighted by Gasteiger charge is -2.26. The summed E-state index contributed by atoms with van der Waals surface area (Å²) in [5.74, 6) is 0.383. The molecule has 0 bridgehead atoms.